The second kappa shape index (κ2) is 6.36. The van der Waals surface area contributed by atoms with E-state index in [0.29, 0.717) is 0 Å². The van der Waals surface area contributed by atoms with Crippen LogP contribution in [0.2, 0.25) is 0 Å². The molecule has 0 aliphatic carbocycles. The highest BCUT2D eigenvalue weighted by Crippen LogP contribution is 2.23. The number of nitrogens with one attached hydrogen (secondary N) is 1. The molecule has 5 nitrogen and oxygen atoms in total. The van der Waals surface area contributed by atoms with Crippen LogP contribution in [0.3, 0.4) is 0 Å². The molecule has 3 aromatic heterocycles. The molecule has 124 valence electrons. The molecule has 0 unspecified atom stereocenters. The van der Waals surface area contributed by atoms with Gasteiger partial charge in [-0.1, -0.05) is 24.3 Å². The number of rotatable bonds is 4. The van der Waals surface area contributed by atoms with Gasteiger partial charge in [-0.3, -0.25) is 14.8 Å². The first-order valence-corrected chi connectivity index (χ1v) is 8.25. The van der Waals surface area contributed by atoms with Crippen molar-refractivity contribution in [2.24, 2.45) is 0 Å². The van der Waals surface area contributed by atoms with Crippen LogP contribution in [0.5, 0.6) is 0 Å². The summed E-state index contributed by atoms with van der Waals surface area (Å²) < 4.78 is 2.03. The second-order valence-electron chi connectivity index (χ2n) is 6.19. The monoisotopic (exact) mass is 329 g/mol. The van der Waals surface area contributed by atoms with Crippen LogP contribution in [0.4, 0.5) is 0 Å². The van der Waals surface area contributed by atoms with E-state index in [-0.39, 0.29) is 0 Å². The van der Waals surface area contributed by atoms with Crippen molar-refractivity contribution in [2.75, 3.05) is 0 Å². The summed E-state index contributed by atoms with van der Waals surface area (Å²) in [5.74, 6) is 0. The fourth-order valence-corrected chi connectivity index (χ4v) is 2.93. The number of aromatic nitrogens is 5. The Hall–Kier alpha value is -3.21. The Morgan fingerprint density at radius 2 is 1.84 bits per heavy atom. The van der Waals surface area contributed by atoms with Gasteiger partial charge in [0.15, 0.2) is 0 Å². The molecule has 0 aliphatic heterocycles. The summed E-state index contributed by atoms with van der Waals surface area (Å²) in [6.07, 6.45) is 3.59. The molecule has 0 radical (unpaired) electrons. The van der Waals surface area contributed by atoms with Crippen molar-refractivity contribution in [1.29, 1.82) is 0 Å². The van der Waals surface area contributed by atoms with Gasteiger partial charge in [0.1, 0.15) is 0 Å². The van der Waals surface area contributed by atoms with Gasteiger partial charge in [0.2, 0.25) is 0 Å². The minimum Gasteiger partial charge on any atom is -0.277 e. The zero-order valence-electron chi connectivity index (χ0n) is 14.3. The fraction of sp³-hybridized carbons (Fsp3) is 0.150. The van der Waals surface area contributed by atoms with Gasteiger partial charge in [-0.05, 0) is 43.7 Å². The van der Waals surface area contributed by atoms with Crippen LogP contribution in [0.15, 0.2) is 60.9 Å². The first kappa shape index (κ1) is 15.3. The molecule has 0 aliphatic rings. The van der Waals surface area contributed by atoms with Crippen LogP contribution >= 0.6 is 0 Å². The van der Waals surface area contributed by atoms with Crippen molar-refractivity contribution in [3.63, 3.8) is 0 Å². The van der Waals surface area contributed by atoms with Crippen molar-refractivity contribution in [3.8, 4) is 22.5 Å². The molecule has 5 heteroatoms. The van der Waals surface area contributed by atoms with E-state index in [1.165, 1.54) is 11.3 Å². The molecule has 0 spiro atoms. The van der Waals surface area contributed by atoms with Gasteiger partial charge in [-0.25, -0.2) is 0 Å². The standard InChI is InChI=1S/C20H19N5/c1-14-10-15(2)25(24-14)13-16-5-7-17(8-6-16)19-11-20(23-22-19)18-4-3-9-21-12-18/h3-12H,13H2,1-2H3,(H,22,23). The van der Waals surface area contributed by atoms with Crippen molar-refractivity contribution >= 4 is 0 Å². The normalized spacial score (nSPS) is 11.0. The average Bonchev–Trinajstić information content (AvgIpc) is 3.23. The Kier molecular flexibility index (Phi) is 3.90. The van der Waals surface area contributed by atoms with Gasteiger partial charge in [-0.2, -0.15) is 10.2 Å². The first-order valence-electron chi connectivity index (χ1n) is 8.25. The van der Waals surface area contributed by atoms with Crippen LogP contribution in [-0.2, 0) is 6.54 Å². The minimum atomic E-state index is 0.779. The highest BCUT2D eigenvalue weighted by atomic mass is 15.3. The lowest BCUT2D eigenvalue weighted by Crippen LogP contribution is -2.03. The number of nitrogens with zero attached hydrogens (tertiary/aromatic N) is 4. The molecule has 3 heterocycles. The van der Waals surface area contributed by atoms with Gasteiger partial charge in [-0.15, -0.1) is 0 Å². The molecule has 0 fully saturated rings. The number of pyridine rings is 1. The van der Waals surface area contributed by atoms with Crippen LogP contribution in [0.1, 0.15) is 17.0 Å². The van der Waals surface area contributed by atoms with E-state index in [2.05, 4.69) is 57.5 Å². The maximum atomic E-state index is 4.52. The maximum absolute atomic E-state index is 4.52. The lowest BCUT2D eigenvalue weighted by atomic mass is 10.1. The van der Waals surface area contributed by atoms with E-state index >= 15 is 0 Å². The van der Waals surface area contributed by atoms with E-state index in [1.807, 2.05) is 36.0 Å². The quantitative estimate of drug-likeness (QED) is 0.615. The molecule has 1 aromatic carbocycles. The third kappa shape index (κ3) is 3.21. The number of hydrogen-bond donors (Lipinski definition) is 1. The Morgan fingerprint density at radius 1 is 1.00 bits per heavy atom. The van der Waals surface area contributed by atoms with Gasteiger partial charge >= 0.3 is 0 Å². The van der Waals surface area contributed by atoms with Crippen LogP contribution in [0, 0.1) is 13.8 Å². The highest BCUT2D eigenvalue weighted by Gasteiger charge is 2.07. The van der Waals surface area contributed by atoms with Crippen molar-refractivity contribution in [3.05, 3.63) is 77.9 Å². The summed E-state index contributed by atoms with van der Waals surface area (Å²) >= 11 is 0. The first-order chi connectivity index (χ1) is 12.2. The van der Waals surface area contributed by atoms with E-state index in [4.69, 9.17) is 0 Å². The maximum Gasteiger partial charge on any atom is 0.0927 e. The van der Waals surface area contributed by atoms with Gasteiger partial charge < -0.3 is 0 Å². The summed E-state index contributed by atoms with van der Waals surface area (Å²) in [5, 5.41) is 12.0. The van der Waals surface area contributed by atoms with Crippen molar-refractivity contribution in [2.45, 2.75) is 20.4 Å². The summed E-state index contributed by atoms with van der Waals surface area (Å²) in [5.41, 5.74) is 7.46. The predicted molar refractivity (Wildman–Crippen MR) is 98.1 cm³/mol. The molecule has 0 atom stereocenters. The molecule has 0 saturated heterocycles. The highest BCUT2D eigenvalue weighted by molar-refractivity contribution is 5.67. The molecule has 0 bridgehead atoms. The Balaban J connectivity index is 1.54. The van der Waals surface area contributed by atoms with Gasteiger partial charge in [0.05, 0.1) is 23.6 Å². The lowest BCUT2D eigenvalue weighted by molar-refractivity contribution is 0.659. The molecule has 4 rings (SSSR count). The molecule has 1 N–H and O–H groups in total. The number of aromatic amines is 1. The predicted octanol–water partition coefficient (Wildman–Crippen LogP) is 4.00. The van der Waals surface area contributed by atoms with Crippen LogP contribution in [0.25, 0.3) is 22.5 Å². The molecule has 25 heavy (non-hydrogen) atoms. The van der Waals surface area contributed by atoms with Crippen molar-refractivity contribution in [1.82, 2.24) is 25.0 Å². The Morgan fingerprint density at radius 3 is 2.52 bits per heavy atom. The molecular formula is C20H19N5. The third-order valence-electron chi connectivity index (χ3n) is 4.24. The van der Waals surface area contributed by atoms with E-state index in [1.54, 1.807) is 6.20 Å². The Labute approximate surface area is 146 Å². The largest absolute Gasteiger partial charge is 0.277 e. The smallest absolute Gasteiger partial charge is 0.0927 e. The summed E-state index contributed by atoms with van der Waals surface area (Å²) in [7, 11) is 0. The zero-order valence-corrected chi connectivity index (χ0v) is 14.3. The summed E-state index contributed by atoms with van der Waals surface area (Å²) in [6.45, 7) is 4.88. The Bertz CT molecular complexity index is 981. The summed E-state index contributed by atoms with van der Waals surface area (Å²) in [4.78, 5) is 4.15. The van der Waals surface area contributed by atoms with Crippen molar-refractivity contribution < 1.29 is 0 Å². The number of benzene rings is 1. The zero-order chi connectivity index (χ0) is 17.2. The van der Waals surface area contributed by atoms with E-state index in [9.17, 15) is 0 Å². The molecule has 0 amide bonds. The number of hydrogen-bond acceptors (Lipinski definition) is 3. The number of H-pyrrole nitrogens is 1. The molecular weight excluding hydrogens is 310 g/mol. The van der Waals surface area contributed by atoms with Crippen LogP contribution < -0.4 is 0 Å². The SMILES string of the molecule is Cc1cc(C)n(Cc2ccc(-c3cc(-c4cccnc4)[nH]n3)cc2)n1. The lowest BCUT2D eigenvalue weighted by Gasteiger charge is -2.05. The van der Waals surface area contributed by atoms with E-state index < -0.39 is 0 Å². The van der Waals surface area contributed by atoms with Crippen LogP contribution in [-0.4, -0.2) is 25.0 Å². The summed E-state index contributed by atoms with van der Waals surface area (Å²) in [6, 6.07) is 16.5. The molecule has 4 aromatic rings. The topological polar surface area (TPSA) is 59.4 Å². The molecule has 0 saturated carbocycles. The van der Waals surface area contributed by atoms with E-state index in [0.717, 1.165) is 34.8 Å². The minimum absolute atomic E-state index is 0.779. The third-order valence-corrected chi connectivity index (χ3v) is 4.24. The van der Waals surface area contributed by atoms with Gasteiger partial charge in [0, 0.05) is 29.2 Å². The van der Waals surface area contributed by atoms with Gasteiger partial charge in [0.25, 0.3) is 0 Å². The fourth-order valence-electron chi connectivity index (χ4n) is 2.93. The average molecular weight is 329 g/mol. The number of aryl methyl sites for hydroxylation is 2. The second-order valence-corrected chi connectivity index (χ2v) is 6.19.